The van der Waals surface area contributed by atoms with Crippen LogP contribution in [0.2, 0.25) is 0 Å². The van der Waals surface area contributed by atoms with Crippen LogP contribution in [0.15, 0.2) is 42.5 Å². The van der Waals surface area contributed by atoms with Gasteiger partial charge in [0.2, 0.25) is 0 Å². The molecule has 140 valence electrons. The van der Waals surface area contributed by atoms with Crippen molar-refractivity contribution in [2.45, 2.75) is 39.5 Å². The van der Waals surface area contributed by atoms with Crippen molar-refractivity contribution in [3.8, 4) is 11.5 Å². The molecule has 0 fully saturated rings. The maximum atomic E-state index is 12.2. The van der Waals surface area contributed by atoms with Gasteiger partial charge in [-0.25, -0.2) is 4.79 Å². The number of carbonyl (C=O) groups excluding carboxylic acids is 1. The Labute approximate surface area is 156 Å². The Hall–Kier alpha value is -2.33. The standard InChI is InChI=1S/C22H28O4/c1-17-8-11-21(16-18(17)2)26-22(23)19-9-12-20(13-10-19)25-15-7-5-4-6-14-24-3/h8-13,16H,4-7,14-15H2,1-3H3. The summed E-state index contributed by atoms with van der Waals surface area (Å²) >= 11 is 0. The van der Waals surface area contributed by atoms with E-state index < -0.39 is 0 Å². The van der Waals surface area contributed by atoms with Gasteiger partial charge in [-0.15, -0.1) is 0 Å². The largest absolute Gasteiger partial charge is 0.494 e. The van der Waals surface area contributed by atoms with Crippen LogP contribution >= 0.6 is 0 Å². The van der Waals surface area contributed by atoms with Crippen molar-refractivity contribution >= 4 is 5.97 Å². The minimum absolute atomic E-state index is 0.363. The average molecular weight is 356 g/mol. The van der Waals surface area contributed by atoms with Gasteiger partial charge in [0.1, 0.15) is 11.5 Å². The lowest BCUT2D eigenvalue weighted by atomic mass is 10.1. The molecule has 0 aromatic heterocycles. The SMILES string of the molecule is COCCCCCCOc1ccc(C(=O)Oc2ccc(C)c(C)c2)cc1. The molecule has 2 aromatic rings. The number of hydrogen-bond acceptors (Lipinski definition) is 4. The average Bonchev–Trinajstić information content (AvgIpc) is 2.64. The van der Waals surface area contributed by atoms with Gasteiger partial charge in [-0.3, -0.25) is 0 Å². The third-order valence-corrected chi connectivity index (χ3v) is 4.29. The Morgan fingerprint density at radius 3 is 2.12 bits per heavy atom. The molecule has 0 saturated carbocycles. The van der Waals surface area contributed by atoms with Crippen LogP contribution in [0.1, 0.15) is 47.2 Å². The van der Waals surface area contributed by atoms with Crippen LogP contribution in [0.3, 0.4) is 0 Å². The van der Waals surface area contributed by atoms with Crippen LogP contribution < -0.4 is 9.47 Å². The molecule has 4 heteroatoms. The molecule has 0 spiro atoms. The van der Waals surface area contributed by atoms with Crippen LogP contribution in [0.25, 0.3) is 0 Å². The van der Waals surface area contributed by atoms with Gasteiger partial charge < -0.3 is 14.2 Å². The molecule has 0 unspecified atom stereocenters. The molecule has 0 radical (unpaired) electrons. The van der Waals surface area contributed by atoms with E-state index in [0.717, 1.165) is 43.6 Å². The molecule has 0 aliphatic carbocycles. The highest BCUT2D eigenvalue weighted by Gasteiger charge is 2.09. The van der Waals surface area contributed by atoms with E-state index in [4.69, 9.17) is 14.2 Å². The molecule has 4 nitrogen and oxygen atoms in total. The number of hydrogen-bond donors (Lipinski definition) is 0. The van der Waals surface area contributed by atoms with Crippen molar-refractivity contribution in [3.05, 3.63) is 59.2 Å². The van der Waals surface area contributed by atoms with Crippen molar-refractivity contribution in [2.75, 3.05) is 20.3 Å². The fraction of sp³-hybridized carbons (Fsp3) is 0.409. The minimum atomic E-state index is -0.363. The van der Waals surface area contributed by atoms with Gasteiger partial charge in [0, 0.05) is 13.7 Å². The third kappa shape index (κ3) is 6.52. The maximum Gasteiger partial charge on any atom is 0.343 e. The van der Waals surface area contributed by atoms with E-state index in [-0.39, 0.29) is 5.97 Å². The van der Waals surface area contributed by atoms with Gasteiger partial charge in [-0.1, -0.05) is 12.5 Å². The number of methoxy groups -OCH3 is 1. The summed E-state index contributed by atoms with van der Waals surface area (Å²) in [6, 6.07) is 12.7. The minimum Gasteiger partial charge on any atom is -0.494 e. The summed E-state index contributed by atoms with van der Waals surface area (Å²) in [6.45, 7) is 5.52. The molecule has 0 aliphatic rings. The smallest absolute Gasteiger partial charge is 0.343 e. The van der Waals surface area contributed by atoms with Gasteiger partial charge in [-0.2, -0.15) is 0 Å². The van der Waals surface area contributed by atoms with E-state index in [9.17, 15) is 4.79 Å². The van der Waals surface area contributed by atoms with Gasteiger partial charge in [0.25, 0.3) is 0 Å². The van der Waals surface area contributed by atoms with Crippen molar-refractivity contribution in [1.29, 1.82) is 0 Å². The summed E-state index contributed by atoms with van der Waals surface area (Å²) in [6.07, 6.45) is 4.39. The first-order valence-corrected chi connectivity index (χ1v) is 9.11. The number of rotatable bonds is 10. The van der Waals surface area contributed by atoms with Crippen LogP contribution in [-0.4, -0.2) is 26.3 Å². The first kappa shape index (κ1) is 20.0. The summed E-state index contributed by atoms with van der Waals surface area (Å²) in [5.41, 5.74) is 2.78. The highest BCUT2D eigenvalue weighted by atomic mass is 16.5. The Bertz CT molecular complexity index is 692. The highest BCUT2D eigenvalue weighted by molar-refractivity contribution is 5.91. The van der Waals surface area contributed by atoms with Crippen LogP contribution in [0.4, 0.5) is 0 Å². The summed E-state index contributed by atoms with van der Waals surface area (Å²) in [4.78, 5) is 12.2. The molecule has 0 bridgehead atoms. The normalized spacial score (nSPS) is 10.6. The zero-order chi connectivity index (χ0) is 18.8. The van der Waals surface area contributed by atoms with Crippen LogP contribution in [-0.2, 0) is 4.74 Å². The predicted octanol–water partition coefficient (Wildman–Crippen LogP) is 5.11. The fourth-order valence-corrected chi connectivity index (χ4v) is 2.52. The molecule has 0 amide bonds. The van der Waals surface area contributed by atoms with E-state index in [0.29, 0.717) is 17.9 Å². The van der Waals surface area contributed by atoms with E-state index in [1.165, 1.54) is 5.56 Å². The Morgan fingerprint density at radius 2 is 1.46 bits per heavy atom. The Balaban J connectivity index is 1.77. The van der Waals surface area contributed by atoms with Crippen molar-refractivity contribution < 1.29 is 19.0 Å². The van der Waals surface area contributed by atoms with Gasteiger partial charge in [0.15, 0.2) is 0 Å². The second-order valence-corrected chi connectivity index (χ2v) is 6.42. The molecule has 0 atom stereocenters. The summed E-state index contributed by atoms with van der Waals surface area (Å²) in [5, 5.41) is 0. The van der Waals surface area contributed by atoms with Crippen LogP contribution in [0, 0.1) is 13.8 Å². The molecule has 2 aromatic carbocycles. The molecule has 0 saturated heterocycles. The number of benzene rings is 2. The quantitative estimate of drug-likeness (QED) is 0.337. The van der Waals surface area contributed by atoms with E-state index in [1.807, 2.05) is 44.2 Å². The molecular weight excluding hydrogens is 328 g/mol. The molecular formula is C22H28O4. The first-order chi connectivity index (χ1) is 12.6. The summed E-state index contributed by atoms with van der Waals surface area (Å²) in [7, 11) is 1.73. The second kappa shape index (κ2) is 10.6. The maximum absolute atomic E-state index is 12.2. The van der Waals surface area contributed by atoms with Gasteiger partial charge >= 0.3 is 5.97 Å². The van der Waals surface area contributed by atoms with Crippen molar-refractivity contribution in [3.63, 3.8) is 0 Å². The number of carbonyl (C=O) groups is 1. The summed E-state index contributed by atoms with van der Waals surface area (Å²) in [5.74, 6) is 0.967. The van der Waals surface area contributed by atoms with Gasteiger partial charge in [0.05, 0.1) is 12.2 Å². The zero-order valence-corrected chi connectivity index (χ0v) is 15.9. The number of unbranched alkanes of at least 4 members (excludes halogenated alkanes) is 3. The highest BCUT2D eigenvalue weighted by Crippen LogP contribution is 2.19. The monoisotopic (exact) mass is 356 g/mol. The second-order valence-electron chi connectivity index (χ2n) is 6.42. The zero-order valence-electron chi connectivity index (χ0n) is 15.9. The lowest BCUT2D eigenvalue weighted by molar-refractivity contribution is 0.0734. The fourth-order valence-electron chi connectivity index (χ4n) is 2.52. The number of ether oxygens (including phenoxy) is 3. The van der Waals surface area contributed by atoms with E-state index in [1.54, 1.807) is 19.2 Å². The molecule has 26 heavy (non-hydrogen) atoms. The Kier molecular flexibility index (Phi) is 8.16. The topological polar surface area (TPSA) is 44.8 Å². The predicted molar refractivity (Wildman–Crippen MR) is 103 cm³/mol. The molecule has 0 heterocycles. The number of esters is 1. The van der Waals surface area contributed by atoms with E-state index in [2.05, 4.69) is 0 Å². The third-order valence-electron chi connectivity index (χ3n) is 4.29. The summed E-state index contributed by atoms with van der Waals surface area (Å²) < 4.78 is 16.2. The van der Waals surface area contributed by atoms with Crippen LogP contribution in [0.5, 0.6) is 11.5 Å². The lowest BCUT2D eigenvalue weighted by Crippen LogP contribution is -2.08. The Morgan fingerprint density at radius 1 is 0.808 bits per heavy atom. The van der Waals surface area contributed by atoms with Crippen molar-refractivity contribution in [1.82, 2.24) is 0 Å². The lowest BCUT2D eigenvalue weighted by Gasteiger charge is -2.08. The molecule has 0 N–H and O–H groups in total. The molecule has 0 aliphatic heterocycles. The first-order valence-electron chi connectivity index (χ1n) is 9.11. The van der Waals surface area contributed by atoms with Crippen molar-refractivity contribution in [2.24, 2.45) is 0 Å². The molecule has 2 rings (SSSR count). The van der Waals surface area contributed by atoms with Gasteiger partial charge in [-0.05, 0) is 80.6 Å². The van der Waals surface area contributed by atoms with E-state index >= 15 is 0 Å². The number of aryl methyl sites for hydroxylation is 2.